The van der Waals surface area contributed by atoms with Crippen molar-refractivity contribution in [3.8, 4) is 0 Å². The molecule has 0 aromatic rings. The van der Waals surface area contributed by atoms with Crippen LogP contribution in [-0.4, -0.2) is 53.5 Å². The van der Waals surface area contributed by atoms with Crippen molar-refractivity contribution in [1.82, 2.24) is 10.2 Å². The third kappa shape index (κ3) is 2.17. The fourth-order valence-corrected chi connectivity index (χ4v) is 3.55. The van der Waals surface area contributed by atoms with Crippen LogP contribution in [0.4, 0.5) is 8.78 Å². The SMILES string of the molecule is O=C(C1CC(O)C1)N1CC(F)(F)C[C@]2(CCNC2=O)C1. The van der Waals surface area contributed by atoms with Crippen LogP contribution < -0.4 is 5.32 Å². The number of alkyl halides is 2. The second-order valence-electron chi connectivity index (χ2n) is 6.34. The predicted molar refractivity (Wildman–Crippen MR) is 64.9 cm³/mol. The van der Waals surface area contributed by atoms with E-state index in [1.807, 2.05) is 0 Å². The molecule has 1 aliphatic carbocycles. The fraction of sp³-hybridized carbons (Fsp3) is 0.846. The number of nitrogens with zero attached hydrogens (tertiary/aromatic N) is 1. The number of aliphatic hydroxyl groups excluding tert-OH is 1. The lowest BCUT2D eigenvalue weighted by atomic mass is 9.75. The molecule has 3 aliphatic rings. The van der Waals surface area contributed by atoms with Crippen molar-refractivity contribution in [2.75, 3.05) is 19.6 Å². The van der Waals surface area contributed by atoms with E-state index >= 15 is 0 Å². The van der Waals surface area contributed by atoms with E-state index in [-0.39, 0.29) is 24.3 Å². The summed E-state index contributed by atoms with van der Waals surface area (Å²) in [5.41, 5.74) is -1.14. The molecule has 2 N–H and O–H groups in total. The van der Waals surface area contributed by atoms with Crippen molar-refractivity contribution < 1.29 is 23.5 Å². The van der Waals surface area contributed by atoms with Gasteiger partial charge < -0.3 is 15.3 Å². The smallest absolute Gasteiger partial charge is 0.266 e. The molecule has 0 unspecified atom stereocenters. The number of hydrogen-bond donors (Lipinski definition) is 2. The average Bonchev–Trinajstić information content (AvgIpc) is 2.63. The van der Waals surface area contributed by atoms with Gasteiger partial charge in [-0.25, -0.2) is 8.78 Å². The van der Waals surface area contributed by atoms with Crippen LogP contribution in [0.1, 0.15) is 25.7 Å². The van der Waals surface area contributed by atoms with E-state index in [0.717, 1.165) is 4.90 Å². The van der Waals surface area contributed by atoms with Crippen molar-refractivity contribution in [2.45, 2.75) is 37.7 Å². The summed E-state index contributed by atoms with van der Waals surface area (Å²) >= 11 is 0. The quantitative estimate of drug-likeness (QED) is 0.720. The number of carbonyl (C=O) groups excluding carboxylic acids is 2. The number of halogens is 2. The molecule has 112 valence electrons. The van der Waals surface area contributed by atoms with E-state index in [2.05, 4.69) is 5.32 Å². The molecule has 0 aromatic carbocycles. The van der Waals surface area contributed by atoms with Gasteiger partial charge in [0.1, 0.15) is 0 Å². The minimum absolute atomic E-state index is 0.0693. The number of carbonyl (C=O) groups is 2. The highest BCUT2D eigenvalue weighted by Crippen LogP contribution is 2.44. The lowest BCUT2D eigenvalue weighted by Gasteiger charge is -2.45. The summed E-state index contributed by atoms with van der Waals surface area (Å²) in [6.07, 6.45) is 0.0275. The summed E-state index contributed by atoms with van der Waals surface area (Å²) in [4.78, 5) is 25.2. The van der Waals surface area contributed by atoms with Crippen LogP contribution in [-0.2, 0) is 9.59 Å². The number of hydrogen-bond acceptors (Lipinski definition) is 3. The molecular weight excluding hydrogens is 270 g/mol. The first kappa shape index (κ1) is 13.7. The Labute approximate surface area is 115 Å². The van der Waals surface area contributed by atoms with E-state index < -0.39 is 30.4 Å². The molecule has 1 spiro atoms. The largest absolute Gasteiger partial charge is 0.393 e. The van der Waals surface area contributed by atoms with Gasteiger partial charge in [-0.05, 0) is 19.3 Å². The lowest BCUT2D eigenvalue weighted by molar-refractivity contribution is -0.166. The molecule has 5 nitrogen and oxygen atoms in total. The van der Waals surface area contributed by atoms with Crippen molar-refractivity contribution >= 4 is 11.8 Å². The highest BCUT2D eigenvalue weighted by Gasteiger charge is 2.56. The third-order valence-electron chi connectivity index (χ3n) is 4.66. The number of piperidine rings is 1. The van der Waals surface area contributed by atoms with E-state index in [0.29, 0.717) is 25.8 Å². The van der Waals surface area contributed by atoms with Crippen LogP contribution in [0.5, 0.6) is 0 Å². The Balaban J connectivity index is 1.78. The summed E-state index contributed by atoms with van der Waals surface area (Å²) in [6.45, 7) is -0.160. The van der Waals surface area contributed by atoms with Gasteiger partial charge in [0.15, 0.2) is 0 Å². The Morgan fingerprint density at radius 1 is 1.35 bits per heavy atom. The Morgan fingerprint density at radius 3 is 2.60 bits per heavy atom. The second kappa shape index (κ2) is 4.38. The molecule has 2 heterocycles. The molecule has 3 fully saturated rings. The van der Waals surface area contributed by atoms with E-state index in [4.69, 9.17) is 0 Å². The van der Waals surface area contributed by atoms with E-state index in [1.54, 1.807) is 0 Å². The molecule has 0 bridgehead atoms. The average molecular weight is 288 g/mol. The van der Waals surface area contributed by atoms with Gasteiger partial charge in [-0.15, -0.1) is 0 Å². The van der Waals surface area contributed by atoms with Gasteiger partial charge >= 0.3 is 0 Å². The Kier molecular flexibility index (Phi) is 3.00. The molecule has 1 saturated carbocycles. The number of nitrogens with one attached hydrogen (secondary N) is 1. The summed E-state index contributed by atoms with van der Waals surface area (Å²) < 4.78 is 27.8. The maximum atomic E-state index is 13.9. The molecule has 0 radical (unpaired) electrons. The molecule has 0 aromatic heterocycles. The first-order valence-corrected chi connectivity index (χ1v) is 6.94. The van der Waals surface area contributed by atoms with Gasteiger partial charge in [0.2, 0.25) is 11.8 Å². The molecule has 7 heteroatoms. The molecular formula is C13H18F2N2O3. The molecule has 3 rings (SSSR count). The van der Waals surface area contributed by atoms with Crippen molar-refractivity contribution in [2.24, 2.45) is 11.3 Å². The number of amides is 2. The summed E-state index contributed by atoms with van der Waals surface area (Å²) in [5.74, 6) is -4.13. The summed E-state index contributed by atoms with van der Waals surface area (Å²) in [7, 11) is 0. The van der Waals surface area contributed by atoms with Crippen LogP contribution in [0.2, 0.25) is 0 Å². The molecule has 2 saturated heterocycles. The standard InChI is InChI=1S/C13H18F2N2O3/c14-13(15)5-12(1-2-16-11(12)20)6-17(7-13)10(19)8-3-9(18)4-8/h8-9,18H,1-7H2,(H,16,20)/t8?,9?,12-/m1/s1. The zero-order chi connectivity index (χ0) is 14.5. The molecule has 1 atom stereocenters. The third-order valence-corrected chi connectivity index (χ3v) is 4.66. The zero-order valence-corrected chi connectivity index (χ0v) is 11.1. The van der Waals surface area contributed by atoms with Gasteiger partial charge in [-0.1, -0.05) is 0 Å². The van der Waals surface area contributed by atoms with Crippen molar-refractivity contribution in [3.05, 3.63) is 0 Å². The number of rotatable bonds is 1. The first-order valence-electron chi connectivity index (χ1n) is 6.94. The summed E-state index contributed by atoms with van der Waals surface area (Å²) in [6, 6.07) is 0. The van der Waals surface area contributed by atoms with Crippen molar-refractivity contribution in [3.63, 3.8) is 0 Å². The normalized spacial score (nSPS) is 39.5. The minimum atomic E-state index is -3.03. The molecule has 20 heavy (non-hydrogen) atoms. The monoisotopic (exact) mass is 288 g/mol. The fourth-order valence-electron chi connectivity index (χ4n) is 3.55. The van der Waals surface area contributed by atoms with Crippen molar-refractivity contribution in [1.29, 1.82) is 0 Å². The maximum absolute atomic E-state index is 13.9. The van der Waals surface area contributed by atoms with E-state index in [9.17, 15) is 23.5 Å². The molecule has 2 aliphatic heterocycles. The van der Waals surface area contributed by atoms with Crippen LogP contribution in [0.3, 0.4) is 0 Å². The summed E-state index contributed by atoms with van der Waals surface area (Å²) in [5, 5.41) is 11.8. The number of likely N-dealkylation sites (tertiary alicyclic amines) is 1. The Bertz CT molecular complexity index is 451. The number of aliphatic hydroxyl groups is 1. The van der Waals surface area contributed by atoms with Gasteiger partial charge in [-0.3, -0.25) is 9.59 Å². The molecule has 2 amide bonds. The highest BCUT2D eigenvalue weighted by atomic mass is 19.3. The van der Waals surface area contributed by atoms with Gasteiger partial charge in [0, 0.05) is 25.4 Å². The maximum Gasteiger partial charge on any atom is 0.266 e. The zero-order valence-electron chi connectivity index (χ0n) is 11.1. The topological polar surface area (TPSA) is 69.6 Å². The predicted octanol–water partition coefficient (Wildman–Crippen LogP) is 0.131. The van der Waals surface area contributed by atoms with Crippen LogP contribution in [0, 0.1) is 11.3 Å². The van der Waals surface area contributed by atoms with Gasteiger partial charge in [0.05, 0.1) is 18.1 Å². The van der Waals surface area contributed by atoms with Crippen LogP contribution >= 0.6 is 0 Å². The minimum Gasteiger partial charge on any atom is -0.393 e. The first-order chi connectivity index (χ1) is 9.31. The Hall–Kier alpha value is -1.24. The van der Waals surface area contributed by atoms with Gasteiger partial charge in [0.25, 0.3) is 5.92 Å². The van der Waals surface area contributed by atoms with Crippen LogP contribution in [0.15, 0.2) is 0 Å². The van der Waals surface area contributed by atoms with Crippen LogP contribution in [0.25, 0.3) is 0 Å². The lowest BCUT2D eigenvalue weighted by Crippen LogP contribution is -2.59. The van der Waals surface area contributed by atoms with Gasteiger partial charge in [-0.2, -0.15) is 0 Å². The highest BCUT2D eigenvalue weighted by molar-refractivity contribution is 5.87. The Morgan fingerprint density at radius 2 is 2.05 bits per heavy atom. The second-order valence-corrected chi connectivity index (χ2v) is 6.34. The van der Waals surface area contributed by atoms with E-state index in [1.165, 1.54) is 0 Å².